The summed E-state index contributed by atoms with van der Waals surface area (Å²) in [5.41, 5.74) is 6.98. The number of thioether (sulfide) groups is 1. The molecule has 1 unspecified atom stereocenters. The van der Waals surface area contributed by atoms with E-state index in [0.717, 1.165) is 11.8 Å². The van der Waals surface area contributed by atoms with Crippen LogP contribution in [0.1, 0.15) is 32.2 Å². The fourth-order valence-electron chi connectivity index (χ4n) is 2.13. The first kappa shape index (κ1) is 24.2. The van der Waals surface area contributed by atoms with Crippen molar-refractivity contribution in [2.75, 3.05) is 25.6 Å². The number of nitrogen functional groups attached to an aromatic ring is 1. The number of allylic oxidation sites excluding steroid dienone is 1. The first-order valence-corrected chi connectivity index (χ1v) is 9.79. The van der Waals surface area contributed by atoms with Crippen LogP contribution in [0.15, 0.2) is 18.0 Å². The molecule has 1 aromatic heterocycles. The van der Waals surface area contributed by atoms with Crippen LogP contribution < -0.4 is 5.73 Å². The number of hydrogen-bond donors (Lipinski definition) is 1. The molecular weight excluding hydrogens is 400 g/mol. The van der Waals surface area contributed by atoms with Crippen LogP contribution in [0.5, 0.6) is 0 Å². The van der Waals surface area contributed by atoms with Gasteiger partial charge < -0.3 is 24.8 Å². The lowest BCUT2D eigenvalue weighted by molar-refractivity contribution is -0.116. The van der Waals surface area contributed by atoms with Gasteiger partial charge in [0, 0.05) is 17.5 Å². The maximum absolute atomic E-state index is 11.8. The Morgan fingerprint density at radius 2 is 1.97 bits per heavy atom. The number of rotatable bonds is 10. The van der Waals surface area contributed by atoms with E-state index in [4.69, 9.17) is 19.9 Å². The molecule has 0 aliphatic carbocycles. The molecule has 10 nitrogen and oxygen atoms in total. The minimum Gasteiger partial charge on any atom is -0.458 e. The van der Waals surface area contributed by atoms with E-state index in [0.29, 0.717) is 23.5 Å². The van der Waals surface area contributed by atoms with Gasteiger partial charge in [-0.25, -0.2) is 19.6 Å². The zero-order valence-electron chi connectivity index (χ0n) is 16.9. The SMILES string of the molecule is CCOC(=O)OCC(/C=C(\C)N(C=O)Cc1cnc(C)nc1N)SC(=O)OCC. The van der Waals surface area contributed by atoms with Crippen molar-refractivity contribution in [1.29, 1.82) is 0 Å². The molecule has 0 fully saturated rings. The van der Waals surface area contributed by atoms with Gasteiger partial charge in [-0.15, -0.1) is 0 Å². The third-order valence-corrected chi connectivity index (χ3v) is 4.39. The summed E-state index contributed by atoms with van der Waals surface area (Å²) in [5, 5.41) is -1.12. The lowest BCUT2D eigenvalue weighted by Gasteiger charge is -2.21. The first-order valence-electron chi connectivity index (χ1n) is 8.91. The van der Waals surface area contributed by atoms with Gasteiger partial charge in [0.15, 0.2) is 0 Å². The van der Waals surface area contributed by atoms with E-state index in [1.807, 2.05) is 0 Å². The predicted octanol–water partition coefficient (Wildman–Crippen LogP) is 2.66. The Morgan fingerprint density at radius 1 is 1.28 bits per heavy atom. The second-order valence-electron chi connectivity index (χ2n) is 5.70. The third kappa shape index (κ3) is 8.81. The number of carbonyl (C=O) groups excluding carboxylic acids is 3. The summed E-state index contributed by atoms with van der Waals surface area (Å²) in [6, 6.07) is 0. The lowest BCUT2D eigenvalue weighted by atomic mass is 10.2. The Morgan fingerprint density at radius 3 is 2.55 bits per heavy atom. The van der Waals surface area contributed by atoms with Crippen LogP contribution >= 0.6 is 11.8 Å². The van der Waals surface area contributed by atoms with E-state index in [1.165, 1.54) is 4.90 Å². The molecule has 11 heteroatoms. The average molecular weight is 426 g/mol. The molecule has 0 radical (unpaired) electrons. The zero-order chi connectivity index (χ0) is 21.8. The van der Waals surface area contributed by atoms with Gasteiger partial charge >= 0.3 is 11.5 Å². The van der Waals surface area contributed by atoms with Gasteiger partial charge in [0.2, 0.25) is 6.41 Å². The highest BCUT2D eigenvalue weighted by molar-refractivity contribution is 8.13. The Labute approximate surface area is 173 Å². The normalized spacial score (nSPS) is 12.1. The van der Waals surface area contributed by atoms with Crippen LogP contribution in [0.4, 0.5) is 15.4 Å². The Hall–Kier alpha value is -2.82. The summed E-state index contributed by atoms with van der Waals surface area (Å²) in [4.78, 5) is 44.4. The van der Waals surface area contributed by atoms with Crippen molar-refractivity contribution in [3.63, 3.8) is 0 Å². The van der Waals surface area contributed by atoms with Crippen molar-refractivity contribution in [2.45, 2.75) is 39.5 Å². The Kier molecular flexibility index (Phi) is 10.5. The Bertz CT molecular complexity index is 743. The molecule has 0 aromatic carbocycles. The molecule has 0 spiro atoms. The predicted molar refractivity (Wildman–Crippen MR) is 108 cm³/mol. The van der Waals surface area contributed by atoms with E-state index in [2.05, 4.69) is 9.97 Å². The van der Waals surface area contributed by atoms with E-state index < -0.39 is 16.7 Å². The standard InChI is InChI=1S/C18H26N4O6S/c1-5-26-17(24)28-10-15(29-18(25)27-6-2)7-12(3)22(11-23)9-14-8-20-13(4)21-16(14)19/h7-8,11,15H,5-6,9-10H2,1-4H3,(H2,19,20,21)/b12-7+. The number of amides is 1. The topological polar surface area (TPSA) is 134 Å². The molecule has 0 saturated carbocycles. The summed E-state index contributed by atoms with van der Waals surface area (Å²) in [5.74, 6) is 0.804. The number of anilines is 1. The van der Waals surface area contributed by atoms with E-state index in [9.17, 15) is 14.4 Å². The molecule has 160 valence electrons. The van der Waals surface area contributed by atoms with Crippen molar-refractivity contribution in [1.82, 2.24) is 14.9 Å². The van der Waals surface area contributed by atoms with Crippen LogP contribution in [-0.2, 0) is 25.5 Å². The summed E-state index contributed by atoms with van der Waals surface area (Å²) in [6.45, 7) is 7.13. The summed E-state index contributed by atoms with van der Waals surface area (Å²) >= 11 is 0.835. The van der Waals surface area contributed by atoms with Crippen molar-refractivity contribution in [2.24, 2.45) is 0 Å². The maximum Gasteiger partial charge on any atom is 0.508 e. The fourth-order valence-corrected chi connectivity index (χ4v) is 2.96. The maximum atomic E-state index is 11.8. The molecule has 0 aliphatic heterocycles. The van der Waals surface area contributed by atoms with Crippen LogP contribution in [0.2, 0.25) is 0 Å². The van der Waals surface area contributed by atoms with Crippen molar-refractivity contribution >= 4 is 35.4 Å². The molecule has 1 rings (SSSR count). The van der Waals surface area contributed by atoms with Crippen molar-refractivity contribution in [3.05, 3.63) is 29.4 Å². The van der Waals surface area contributed by atoms with Crippen molar-refractivity contribution < 1.29 is 28.6 Å². The van der Waals surface area contributed by atoms with Crippen LogP contribution in [0.25, 0.3) is 0 Å². The molecule has 1 atom stereocenters. The second kappa shape index (κ2) is 12.6. The number of ether oxygens (including phenoxy) is 3. The van der Waals surface area contributed by atoms with E-state index in [1.54, 1.807) is 40.0 Å². The van der Waals surface area contributed by atoms with E-state index in [-0.39, 0.29) is 32.2 Å². The smallest absolute Gasteiger partial charge is 0.458 e. The number of nitrogens with two attached hydrogens (primary N) is 1. The van der Waals surface area contributed by atoms with Gasteiger partial charge in [0.05, 0.1) is 25.0 Å². The number of hydrogen-bond acceptors (Lipinski definition) is 10. The van der Waals surface area contributed by atoms with Gasteiger partial charge in [-0.3, -0.25) is 4.79 Å². The summed E-state index contributed by atoms with van der Waals surface area (Å²) in [7, 11) is 0. The largest absolute Gasteiger partial charge is 0.508 e. The molecule has 0 bridgehead atoms. The number of aryl methyl sites for hydroxylation is 1. The fraction of sp³-hybridized carbons (Fsp3) is 0.500. The molecular formula is C18H26N4O6S. The van der Waals surface area contributed by atoms with Crippen LogP contribution in [0.3, 0.4) is 0 Å². The zero-order valence-corrected chi connectivity index (χ0v) is 17.7. The quantitative estimate of drug-likeness (QED) is 0.439. The second-order valence-corrected chi connectivity index (χ2v) is 6.88. The number of aromatic nitrogens is 2. The lowest BCUT2D eigenvalue weighted by Crippen LogP contribution is -2.23. The molecule has 29 heavy (non-hydrogen) atoms. The molecule has 0 saturated heterocycles. The van der Waals surface area contributed by atoms with Crippen LogP contribution in [0, 0.1) is 6.92 Å². The number of nitrogens with zero attached hydrogens (tertiary/aromatic N) is 3. The van der Waals surface area contributed by atoms with Gasteiger partial charge in [-0.05, 0) is 45.5 Å². The highest BCUT2D eigenvalue weighted by atomic mass is 32.2. The van der Waals surface area contributed by atoms with Crippen molar-refractivity contribution in [3.8, 4) is 0 Å². The van der Waals surface area contributed by atoms with Gasteiger partial charge in [0.25, 0.3) is 0 Å². The highest BCUT2D eigenvalue weighted by Crippen LogP contribution is 2.20. The summed E-state index contributed by atoms with van der Waals surface area (Å²) in [6.07, 6.45) is 2.96. The van der Waals surface area contributed by atoms with E-state index >= 15 is 0 Å². The monoisotopic (exact) mass is 426 g/mol. The molecule has 1 amide bonds. The molecule has 0 aliphatic rings. The number of carbonyl (C=O) groups is 3. The Balaban J connectivity index is 2.94. The summed E-state index contributed by atoms with van der Waals surface area (Å²) < 4.78 is 14.7. The average Bonchev–Trinajstić information content (AvgIpc) is 2.66. The third-order valence-electron chi connectivity index (χ3n) is 3.50. The van der Waals surface area contributed by atoms with Crippen LogP contribution in [-0.4, -0.2) is 57.8 Å². The minimum atomic E-state index is -0.843. The van der Waals surface area contributed by atoms with Gasteiger partial charge in [0.1, 0.15) is 18.2 Å². The molecule has 2 N–H and O–H groups in total. The molecule has 1 aromatic rings. The minimum absolute atomic E-state index is 0.137. The molecule has 1 heterocycles. The van der Waals surface area contributed by atoms with Gasteiger partial charge in [-0.1, -0.05) is 0 Å². The highest BCUT2D eigenvalue weighted by Gasteiger charge is 2.19. The van der Waals surface area contributed by atoms with Gasteiger partial charge in [-0.2, -0.15) is 0 Å². The first-order chi connectivity index (χ1) is 13.8.